The van der Waals surface area contributed by atoms with E-state index in [4.69, 9.17) is 26.2 Å². The Morgan fingerprint density at radius 2 is 1.93 bits per heavy atom. The molecule has 4 rings (SSSR count). The Morgan fingerprint density at radius 1 is 1.14 bits per heavy atom. The number of aromatic nitrogens is 5. The highest BCUT2D eigenvalue weighted by molar-refractivity contribution is 6.33. The second kappa shape index (κ2) is 7.48. The van der Waals surface area contributed by atoms with E-state index in [0.717, 1.165) is 46.0 Å². The molecule has 0 bridgehead atoms. The molecule has 0 spiro atoms. The van der Waals surface area contributed by atoms with Crippen LogP contribution >= 0.6 is 11.6 Å². The fraction of sp³-hybridized carbons (Fsp3) is 0.333. The number of hydrogen-bond acceptors (Lipinski definition) is 6. The first-order valence-electron chi connectivity index (χ1n) is 9.57. The van der Waals surface area contributed by atoms with Gasteiger partial charge in [-0.25, -0.2) is 4.98 Å². The predicted molar refractivity (Wildman–Crippen MR) is 113 cm³/mol. The van der Waals surface area contributed by atoms with Gasteiger partial charge in [0.15, 0.2) is 11.5 Å². The van der Waals surface area contributed by atoms with Crippen molar-refractivity contribution in [3.05, 3.63) is 58.0 Å². The highest BCUT2D eigenvalue weighted by Crippen LogP contribution is 2.35. The van der Waals surface area contributed by atoms with Gasteiger partial charge in [-0.2, -0.15) is 14.6 Å². The van der Waals surface area contributed by atoms with Crippen LogP contribution in [0.4, 0.5) is 5.82 Å². The number of nitrogens with one attached hydrogen (secondary N) is 1. The summed E-state index contributed by atoms with van der Waals surface area (Å²) >= 11 is 6.55. The summed E-state index contributed by atoms with van der Waals surface area (Å²) in [4.78, 5) is 9.13. The van der Waals surface area contributed by atoms with Crippen LogP contribution in [0.3, 0.4) is 0 Å². The second-order valence-electron chi connectivity index (χ2n) is 7.25. The minimum absolute atomic E-state index is 0.128. The molecule has 1 N–H and O–H groups in total. The fourth-order valence-electron chi connectivity index (χ4n) is 3.46. The zero-order chi connectivity index (χ0) is 20.7. The van der Waals surface area contributed by atoms with Gasteiger partial charge in [-0.3, -0.25) is 0 Å². The highest BCUT2D eigenvalue weighted by Gasteiger charge is 2.21. The molecular weight excluding hydrogens is 388 g/mol. The minimum Gasteiger partial charge on any atom is -0.358 e. The Balaban J connectivity index is 1.84. The molecule has 0 aliphatic heterocycles. The molecule has 0 saturated carbocycles. The fourth-order valence-corrected chi connectivity index (χ4v) is 3.79. The summed E-state index contributed by atoms with van der Waals surface area (Å²) in [7, 11) is 0. The zero-order valence-electron chi connectivity index (χ0n) is 17.1. The largest absolute Gasteiger partial charge is 0.358 e. The van der Waals surface area contributed by atoms with E-state index in [-0.39, 0.29) is 6.04 Å². The molecule has 3 heterocycles. The van der Waals surface area contributed by atoms with E-state index in [2.05, 4.69) is 22.4 Å². The molecular formula is C21H23ClN6O. The van der Waals surface area contributed by atoms with E-state index in [0.29, 0.717) is 16.7 Å². The first kappa shape index (κ1) is 19.4. The van der Waals surface area contributed by atoms with Crippen molar-refractivity contribution in [2.75, 3.05) is 5.32 Å². The number of fused-ring (bicyclic) bond motifs is 1. The average Bonchev–Trinajstić information content (AvgIpc) is 3.23. The molecule has 0 fully saturated rings. The number of halogens is 1. The summed E-state index contributed by atoms with van der Waals surface area (Å²) in [6.45, 7) is 9.83. The van der Waals surface area contributed by atoms with Crippen LogP contribution in [0.25, 0.3) is 16.8 Å². The van der Waals surface area contributed by atoms with Gasteiger partial charge < -0.3 is 9.84 Å². The second-order valence-corrected chi connectivity index (χ2v) is 7.65. The molecule has 0 aliphatic rings. The van der Waals surface area contributed by atoms with Gasteiger partial charge in [0.25, 0.3) is 0 Å². The van der Waals surface area contributed by atoms with Crippen molar-refractivity contribution in [2.45, 2.75) is 47.1 Å². The smallest absolute Gasteiger partial charge is 0.249 e. The first-order chi connectivity index (χ1) is 13.9. The Hall–Kier alpha value is -2.93. The quantitative estimate of drug-likeness (QED) is 0.485. The van der Waals surface area contributed by atoms with Gasteiger partial charge in [0.2, 0.25) is 5.89 Å². The standard InChI is InChI=1S/C21H23ClN6O/c1-6-17(21-24-14(5)27-29-21)25-18-10-12(3)23-20-19(13(4)26-28(18)20)15-8-7-11(2)9-16(15)22/h7-10,17,25H,6H2,1-5H3. The highest BCUT2D eigenvalue weighted by atomic mass is 35.5. The van der Waals surface area contributed by atoms with Gasteiger partial charge in [0.1, 0.15) is 11.9 Å². The molecule has 29 heavy (non-hydrogen) atoms. The van der Waals surface area contributed by atoms with Crippen LogP contribution in [0.15, 0.2) is 28.8 Å². The third kappa shape index (κ3) is 3.58. The maximum Gasteiger partial charge on any atom is 0.249 e. The molecule has 3 aromatic heterocycles. The Bertz CT molecular complexity index is 1200. The van der Waals surface area contributed by atoms with Crippen molar-refractivity contribution in [1.29, 1.82) is 0 Å². The molecule has 1 atom stereocenters. The lowest BCUT2D eigenvalue weighted by molar-refractivity contribution is 0.356. The Kier molecular flexibility index (Phi) is 5.00. The number of benzene rings is 1. The van der Waals surface area contributed by atoms with E-state index < -0.39 is 0 Å². The van der Waals surface area contributed by atoms with Crippen LogP contribution in [-0.4, -0.2) is 24.7 Å². The SMILES string of the molecule is CCC(Nc1cc(C)nc2c(-c3ccc(C)cc3Cl)c(C)nn12)c1nc(C)no1. The third-order valence-electron chi connectivity index (χ3n) is 4.86. The van der Waals surface area contributed by atoms with Crippen LogP contribution < -0.4 is 5.32 Å². The topological polar surface area (TPSA) is 81.1 Å². The van der Waals surface area contributed by atoms with Gasteiger partial charge >= 0.3 is 0 Å². The molecule has 0 saturated heterocycles. The lowest BCUT2D eigenvalue weighted by atomic mass is 10.0. The molecule has 8 heteroatoms. The lowest BCUT2D eigenvalue weighted by Crippen LogP contribution is -2.14. The van der Waals surface area contributed by atoms with Crippen LogP contribution in [-0.2, 0) is 0 Å². The van der Waals surface area contributed by atoms with Crippen molar-refractivity contribution in [3.63, 3.8) is 0 Å². The number of aryl methyl sites for hydroxylation is 4. The number of rotatable bonds is 5. The zero-order valence-corrected chi connectivity index (χ0v) is 17.9. The molecule has 0 aliphatic carbocycles. The van der Waals surface area contributed by atoms with Gasteiger partial charge in [-0.15, -0.1) is 0 Å². The van der Waals surface area contributed by atoms with Gasteiger partial charge in [-0.05, 0) is 45.7 Å². The molecule has 1 aromatic carbocycles. The minimum atomic E-state index is -0.128. The maximum absolute atomic E-state index is 6.55. The Labute approximate surface area is 174 Å². The summed E-state index contributed by atoms with van der Waals surface area (Å²) in [5.74, 6) is 1.98. The number of nitrogens with zero attached hydrogens (tertiary/aromatic N) is 5. The predicted octanol–water partition coefficient (Wildman–Crippen LogP) is 5.23. The van der Waals surface area contributed by atoms with Gasteiger partial charge in [0.05, 0.1) is 11.3 Å². The summed E-state index contributed by atoms with van der Waals surface area (Å²) < 4.78 is 7.19. The molecule has 0 amide bonds. The number of anilines is 1. The number of hydrogen-bond donors (Lipinski definition) is 1. The van der Waals surface area contributed by atoms with Crippen LogP contribution in [0.5, 0.6) is 0 Å². The van der Waals surface area contributed by atoms with Crippen molar-refractivity contribution in [2.24, 2.45) is 0 Å². The summed E-state index contributed by atoms with van der Waals surface area (Å²) in [6.07, 6.45) is 0.779. The summed E-state index contributed by atoms with van der Waals surface area (Å²) in [5, 5.41) is 12.8. The maximum atomic E-state index is 6.55. The van der Waals surface area contributed by atoms with E-state index >= 15 is 0 Å². The Morgan fingerprint density at radius 3 is 2.59 bits per heavy atom. The van der Waals surface area contributed by atoms with E-state index in [1.165, 1.54) is 0 Å². The first-order valence-corrected chi connectivity index (χ1v) is 9.95. The average molecular weight is 411 g/mol. The lowest BCUT2D eigenvalue weighted by Gasteiger charge is -2.15. The normalized spacial score (nSPS) is 12.5. The van der Waals surface area contributed by atoms with Crippen molar-refractivity contribution in [1.82, 2.24) is 24.7 Å². The van der Waals surface area contributed by atoms with Crippen molar-refractivity contribution >= 4 is 23.1 Å². The molecule has 4 aromatic rings. The molecule has 150 valence electrons. The van der Waals surface area contributed by atoms with Crippen molar-refractivity contribution < 1.29 is 4.52 Å². The van der Waals surface area contributed by atoms with Crippen LogP contribution in [0.2, 0.25) is 5.02 Å². The van der Waals surface area contributed by atoms with Gasteiger partial charge in [-0.1, -0.05) is 35.8 Å². The van der Waals surface area contributed by atoms with Crippen LogP contribution in [0.1, 0.15) is 48.1 Å². The molecule has 0 radical (unpaired) electrons. The molecule has 1 unspecified atom stereocenters. The monoisotopic (exact) mass is 410 g/mol. The third-order valence-corrected chi connectivity index (χ3v) is 5.17. The van der Waals surface area contributed by atoms with E-state index in [1.54, 1.807) is 0 Å². The van der Waals surface area contributed by atoms with Crippen LogP contribution in [0, 0.1) is 27.7 Å². The summed E-state index contributed by atoms with van der Waals surface area (Å²) in [5.41, 5.74) is 5.46. The van der Waals surface area contributed by atoms with E-state index in [1.807, 2.05) is 56.5 Å². The van der Waals surface area contributed by atoms with Crippen molar-refractivity contribution in [3.8, 4) is 11.1 Å². The van der Waals surface area contributed by atoms with Gasteiger partial charge in [0, 0.05) is 22.3 Å². The molecule has 7 nitrogen and oxygen atoms in total. The van der Waals surface area contributed by atoms with E-state index in [9.17, 15) is 0 Å². The summed E-state index contributed by atoms with van der Waals surface area (Å²) in [6, 6.07) is 7.86.